The Bertz CT molecular complexity index is 747. The molecule has 6 nitrogen and oxygen atoms in total. The van der Waals surface area contributed by atoms with Crippen molar-refractivity contribution >= 4 is 23.4 Å². The van der Waals surface area contributed by atoms with Gasteiger partial charge in [0, 0.05) is 37.9 Å². The molecule has 146 valence electrons. The second kappa shape index (κ2) is 9.24. The number of anilines is 2. The molecule has 1 aliphatic carbocycles. The van der Waals surface area contributed by atoms with Crippen molar-refractivity contribution in [2.24, 2.45) is 5.92 Å². The van der Waals surface area contributed by atoms with E-state index in [4.69, 9.17) is 11.6 Å². The second-order valence-corrected chi connectivity index (χ2v) is 7.81. The van der Waals surface area contributed by atoms with Crippen molar-refractivity contribution in [3.05, 3.63) is 41.0 Å². The molecule has 1 aromatic carbocycles. The van der Waals surface area contributed by atoms with Crippen LogP contribution in [0, 0.1) is 5.92 Å². The summed E-state index contributed by atoms with van der Waals surface area (Å²) in [6.07, 6.45) is 6.42. The number of halogens is 1. The molecule has 0 atom stereocenters. The lowest BCUT2D eigenvalue weighted by Crippen LogP contribution is -2.31. The fourth-order valence-electron chi connectivity index (χ4n) is 3.45. The lowest BCUT2D eigenvalue weighted by Gasteiger charge is -2.29. The fraction of sp³-hybridized carbons (Fsp3) is 0.500. The molecule has 27 heavy (non-hydrogen) atoms. The summed E-state index contributed by atoms with van der Waals surface area (Å²) in [6, 6.07) is 7.47. The molecule has 0 bridgehead atoms. The summed E-state index contributed by atoms with van der Waals surface area (Å²) in [5.74, 6) is 2.51. The van der Waals surface area contributed by atoms with Gasteiger partial charge in [0.15, 0.2) is 0 Å². The molecule has 0 amide bonds. The van der Waals surface area contributed by atoms with Crippen LogP contribution in [0.4, 0.5) is 11.8 Å². The molecule has 3 N–H and O–H groups in total. The van der Waals surface area contributed by atoms with E-state index in [0.717, 1.165) is 37.3 Å². The zero-order chi connectivity index (χ0) is 19.2. The van der Waals surface area contributed by atoms with Gasteiger partial charge in [0.2, 0.25) is 5.95 Å². The normalized spacial score (nSPS) is 19.7. The van der Waals surface area contributed by atoms with Crippen LogP contribution in [0.25, 0.3) is 0 Å². The van der Waals surface area contributed by atoms with E-state index < -0.39 is 0 Å². The number of aromatic nitrogens is 2. The monoisotopic (exact) mass is 389 g/mol. The summed E-state index contributed by atoms with van der Waals surface area (Å²) in [5, 5.41) is 17.0. The highest BCUT2D eigenvalue weighted by Crippen LogP contribution is 2.26. The second-order valence-electron chi connectivity index (χ2n) is 7.40. The first-order valence-electron chi connectivity index (χ1n) is 9.46. The Kier molecular flexibility index (Phi) is 6.74. The molecular formula is C20H28ClN5O. The van der Waals surface area contributed by atoms with Crippen molar-refractivity contribution in [1.82, 2.24) is 15.3 Å². The average molecular weight is 390 g/mol. The van der Waals surface area contributed by atoms with Crippen molar-refractivity contribution in [2.75, 3.05) is 30.9 Å². The number of benzene rings is 1. The number of hydrogen-bond acceptors (Lipinski definition) is 6. The van der Waals surface area contributed by atoms with Crippen molar-refractivity contribution < 1.29 is 5.11 Å². The molecule has 7 heteroatoms. The minimum absolute atomic E-state index is 0.203. The highest BCUT2D eigenvalue weighted by molar-refractivity contribution is 6.31. The topological polar surface area (TPSA) is 73.3 Å². The Labute approximate surface area is 166 Å². The summed E-state index contributed by atoms with van der Waals surface area (Å²) in [7, 11) is 3.96. The van der Waals surface area contributed by atoms with Gasteiger partial charge in [-0.1, -0.05) is 17.7 Å². The van der Waals surface area contributed by atoms with Crippen LogP contribution in [0.2, 0.25) is 5.02 Å². The molecule has 1 aromatic heterocycles. The minimum Gasteiger partial charge on any atom is -0.508 e. The molecule has 3 rings (SSSR count). The minimum atomic E-state index is 0.203. The van der Waals surface area contributed by atoms with Crippen molar-refractivity contribution in [2.45, 2.75) is 38.3 Å². The first-order valence-corrected chi connectivity index (χ1v) is 9.84. The standard InChI is InChI=1S/C20H28ClN5O/c1-26(2)19-9-10-23-20(25-19)24-16-6-3-14(4-7-16)12-22-13-15-5-8-17(27)11-18(15)21/h5,8-11,14,16,22,27H,3-4,6-7,12-13H2,1-2H3,(H,23,24,25). The summed E-state index contributed by atoms with van der Waals surface area (Å²) in [4.78, 5) is 10.9. The van der Waals surface area contributed by atoms with E-state index in [2.05, 4.69) is 20.6 Å². The van der Waals surface area contributed by atoms with E-state index in [1.807, 2.05) is 31.1 Å². The van der Waals surface area contributed by atoms with Crippen LogP contribution in [-0.2, 0) is 6.54 Å². The highest BCUT2D eigenvalue weighted by atomic mass is 35.5. The van der Waals surface area contributed by atoms with E-state index in [9.17, 15) is 5.11 Å². The predicted octanol–water partition coefficient (Wildman–Crippen LogP) is 3.66. The van der Waals surface area contributed by atoms with E-state index >= 15 is 0 Å². The highest BCUT2D eigenvalue weighted by Gasteiger charge is 2.21. The summed E-state index contributed by atoms with van der Waals surface area (Å²) >= 11 is 6.15. The molecule has 1 aliphatic rings. The third kappa shape index (κ3) is 5.71. The predicted molar refractivity (Wildman–Crippen MR) is 111 cm³/mol. The first-order chi connectivity index (χ1) is 13.0. The maximum Gasteiger partial charge on any atom is 0.224 e. The number of rotatable bonds is 7. The van der Waals surface area contributed by atoms with Gasteiger partial charge in [0.25, 0.3) is 0 Å². The lowest BCUT2D eigenvalue weighted by molar-refractivity contribution is 0.323. The fourth-order valence-corrected chi connectivity index (χ4v) is 3.69. The summed E-state index contributed by atoms with van der Waals surface area (Å²) in [6.45, 7) is 1.71. The number of phenols is 1. The largest absolute Gasteiger partial charge is 0.508 e. The molecule has 1 heterocycles. The number of hydrogen-bond donors (Lipinski definition) is 3. The molecule has 0 aliphatic heterocycles. The number of nitrogens with zero attached hydrogens (tertiary/aromatic N) is 3. The average Bonchev–Trinajstić information content (AvgIpc) is 2.65. The SMILES string of the molecule is CN(C)c1ccnc(NC2CCC(CNCc3ccc(O)cc3Cl)CC2)n1. The van der Waals surface area contributed by atoms with Crippen LogP contribution in [-0.4, -0.2) is 41.8 Å². The third-order valence-corrected chi connectivity index (χ3v) is 5.42. The van der Waals surface area contributed by atoms with Crippen LogP contribution in [0.3, 0.4) is 0 Å². The number of phenolic OH excluding ortho intramolecular Hbond substituents is 1. The Morgan fingerprint density at radius 2 is 1.96 bits per heavy atom. The van der Waals surface area contributed by atoms with Gasteiger partial charge in [-0.25, -0.2) is 4.98 Å². The van der Waals surface area contributed by atoms with Gasteiger partial charge in [-0.15, -0.1) is 0 Å². The van der Waals surface area contributed by atoms with Gasteiger partial charge in [0.05, 0.1) is 0 Å². The Balaban J connectivity index is 1.40. The molecule has 1 saturated carbocycles. The van der Waals surface area contributed by atoms with Crippen LogP contribution in [0.1, 0.15) is 31.2 Å². The van der Waals surface area contributed by atoms with Gasteiger partial charge in [-0.3, -0.25) is 0 Å². The zero-order valence-corrected chi connectivity index (χ0v) is 16.7. The van der Waals surface area contributed by atoms with Crippen LogP contribution in [0.15, 0.2) is 30.5 Å². The van der Waals surface area contributed by atoms with Crippen molar-refractivity contribution in [3.63, 3.8) is 0 Å². The summed E-state index contributed by atoms with van der Waals surface area (Å²) < 4.78 is 0. The van der Waals surface area contributed by atoms with Gasteiger partial charge < -0.3 is 20.6 Å². The van der Waals surface area contributed by atoms with Crippen molar-refractivity contribution in [3.8, 4) is 5.75 Å². The first kappa shape index (κ1) is 19.7. The molecule has 0 spiro atoms. The lowest BCUT2D eigenvalue weighted by atomic mass is 9.86. The van der Waals surface area contributed by atoms with Crippen LogP contribution >= 0.6 is 11.6 Å². The zero-order valence-electron chi connectivity index (χ0n) is 16.0. The quantitative estimate of drug-likeness (QED) is 0.671. The number of aromatic hydroxyl groups is 1. The molecule has 2 aromatic rings. The number of nitrogens with one attached hydrogen (secondary N) is 2. The van der Waals surface area contributed by atoms with Gasteiger partial charge >= 0.3 is 0 Å². The third-order valence-electron chi connectivity index (χ3n) is 5.06. The molecule has 1 fully saturated rings. The summed E-state index contributed by atoms with van der Waals surface area (Å²) in [5.41, 5.74) is 1.02. The molecular weight excluding hydrogens is 362 g/mol. The Morgan fingerprint density at radius 1 is 1.19 bits per heavy atom. The van der Waals surface area contributed by atoms with E-state index in [-0.39, 0.29) is 5.75 Å². The van der Waals surface area contributed by atoms with E-state index in [1.165, 1.54) is 12.8 Å². The molecule has 0 unspecified atom stereocenters. The van der Waals surface area contributed by atoms with Gasteiger partial charge in [-0.2, -0.15) is 4.98 Å². The van der Waals surface area contributed by atoms with E-state index in [1.54, 1.807) is 18.3 Å². The maximum atomic E-state index is 9.42. The van der Waals surface area contributed by atoms with E-state index in [0.29, 0.717) is 22.9 Å². The van der Waals surface area contributed by atoms with Crippen molar-refractivity contribution in [1.29, 1.82) is 0 Å². The Hall–Kier alpha value is -2.05. The van der Waals surface area contributed by atoms with Gasteiger partial charge in [-0.05, 0) is 61.9 Å². The van der Waals surface area contributed by atoms with Crippen LogP contribution in [0.5, 0.6) is 5.75 Å². The molecule has 0 saturated heterocycles. The maximum absolute atomic E-state index is 9.42. The Morgan fingerprint density at radius 3 is 2.67 bits per heavy atom. The van der Waals surface area contributed by atoms with Crippen LogP contribution < -0.4 is 15.5 Å². The smallest absolute Gasteiger partial charge is 0.224 e. The van der Waals surface area contributed by atoms with Gasteiger partial charge in [0.1, 0.15) is 11.6 Å². The molecule has 0 radical (unpaired) electrons.